The molecule has 3 rings (SSSR count). The summed E-state index contributed by atoms with van der Waals surface area (Å²) in [5.41, 5.74) is 3.08. The van der Waals surface area contributed by atoms with Gasteiger partial charge in [-0.1, -0.05) is 18.2 Å². The predicted molar refractivity (Wildman–Crippen MR) is 93.2 cm³/mol. The number of hydrogen-bond acceptors (Lipinski definition) is 6. The third kappa shape index (κ3) is 4.97. The van der Waals surface area contributed by atoms with Crippen molar-refractivity contribution in [3.8, 4) is 17.2 Å². The second kappa shape index (κ2) is 8.52. The average molecular weight is 355 g/mol. The molecule has 0 aromatic heterocycles. The number of carbonyl (C=O) groups excluding carboxylic acids is 2. The van der Waals surface area contributed by atoms with E-state index in [0.717, 1.165) is 5.56 Å². The maximum Gasteiger partial charge on any atom is 0.259 e. The third-order valence-corrected chi connectivity index (χ3v) is 3.36. The largest absolute Gasteiger partial charge is 0.484 e. The van der Waals surface area contributed by atoms with E-state index in [0.29, 0.717) is 17.2 Å². The molecular weight excluding hydrogens is 338 g/mol. The van der Waals surface area contributed by atoms with Crippen LogP contribution >= 0.6 is 0 Å². The van der Waals surface area contributed by atoms with Gasteiger partial charge in [0, 0.05) is 0 Å². The molecule has 0 saturated heterocycles. The second-order valence-corrected chi connectivity index (χ2v) is 5.28. The first kappa shape index (κ1) is 17.3. The molecule has 0 fully saturated rings. The van der Waals surface area contributed by atoms with Crippen LogP contribution in [0.3, 0.4) is 0 Å². The summed E-state index contributed by atoms with van der Waals surface area (Å²) in [7, 11) is 0. The molecule has 0 spiro atoms. The zero-order valence-corrected chi connectivity index (χ0v) is 13.8. The van der Waals surface area contributed by atoms with Gasteiger partial charge in [-0.15, -0.1) is 0 Å². The molecule has 1 aliphatic heterocycles. The van der Waals surface area contributed by atoms with Gasteiger partial charge in [-0.2, -0.15) is 5.10 Å². The Bertz CT molecular complexity index is 808. The van der Waals surface area contributed by atoms with Crippen molar-refractivity contribution in [3.05, 3.63) is 54.1 Å². The monoisotopic (exact) mass is 355 g/mol. The van der Waals surface area contributed by atoms with E-state index in [4.69, 9.17) is 14.2 Å². The zero-order chi connectivity index (χ0) is 18.2. The molecule has 0 aliphatic carbocycles. The van der Waals surface area contributed by atoms with Crippen molar-refractivity contribution in [1.29, 1.82) is 0 Å². The first-order chi connectivity index (χ1) is 12.7. The van der Waals surface area contributed by atoms with Crippen molar-refractivity contribution in [2.24, 2.45) is 5.10 Å². The number of carbonyl (C=O) groups is 2. The van der Waals surface area contributed by atoms with Gasteiger partial charge in [-0.25, -0.2) is 5.43 Å². The maximum absolute atomic E-state index is 11.7. The lowest BCUT2D eigenvalue weighted by Gasteiger charge is -2.06. The quantitative estimate of drug-likeness (QED) is 0.572. The molecule has 0 unspecified atom stereocenters. The molecule has 2 aromatic carbocycles. The number of hydrogen-bond donors (Lipinski definition) is 2. The van der Waals surface area contributed by atoms with Crippen molar-refractivity contribution >= 4 is 18.0 Å². The highest BCUT2D eigenvalue weighted by Crippen LogP contribution is 2.31. The van der Waals surface area contributed by atoms with E-state index in [2.05, 4.69) is 15.8 Å². The SMILES string of the molecule is O=C(COc1ccccc1)NCC(=O)NN=Cc1ccc2c(c1)OCO2. The molecule has 134 valence electrons. The van der Waals surface area contributed by atoms with Gasteiger partial charge >= 0.3 is 0 Å². The topological polar surface area (TPSA) is 98.2 Å². The number of fused-ring (bicyclic) bond motifs is 1. The zero-order valence-electron chi connectivity index (χ0n) is 13.8. The lowest BCUT2D eigenvalue weighted by Crippen LogP contribution is -2.37. The standard InChI is InChI=1S/C18H17N3O5/c22-17(10-19-18(23)11-24-14-4-2-1-3-5-14)21-20-9-13-6-7-15-16(8-13)26-12-25-15/h1-9H,10-12H2,(H,19,23)(H,21,22). The Morgan fingerprint density at radius 3 is 2.73 bits per heavy atom. The van der Waals surface area contributed by atoms with Crippen LogP contribution in [0.1, 0.15) is 5.56 Å². The Kier molecular flexibility index (Phi) is 5.66. The number of rotatable bonds is 7. The number of nitrogens with zero attached hydrogens (tertiary/aromatic N) is 1. The van der Waals surface area contributed by atoms with Gasteiger partial charge in [0.05, 0.1) is 12.8 Å². The highest BCUT2D eigenvalue weighted by Gasteiger charge is 2.12. The van der Waals surface area contributed by atoms with Crippen molar-refractivity contribution in [1.82, 2.24) is 10.7 Å². The van der Waals surface area contributed by atoms with Gasteiger partial charge in [0.15, 0.2) is 18.1 Å². The molecule has 2 amide bonds. The summed E-state index contributed by atoms with van der Waals surface area (Å²) in [6, 6.07) is 14.2. The van der Waals surface area contributed by atoms with Crippen LogP contribution in [0.5, 0.6) is 17.2 Å². The molecule has 26 heavy (non-hydrogen) atoms. The first-order valence-electron chi connectivity index (χ1n) is 7.87. The van der Waals surface area contributed by atoms with Gasteiger partial charge in [0.1, 0.15) is 5.75 Å². The molecule has 1 aliphatic rings. The van der Waals surface area contributed by atoms with Crippen molar-refractivity contribution in [2.45, 2.75) is 0 Å². The summed E-state index contributed by atoms with van der Waals surface area (Å²) in [5.74, 6) is 1.04. The normalized spacial score (nSPS) is 12.0. The Labute approximate surface area is 149 Å². The van der Waals surface area contributed by atoms with E-state index < -0.39 is 11.8 Å². The number of nitrogens with one attached hydrogen (secondary N) is 2. The van der Waals surface area contributed by atoms with E-state index in [9.17, 15) is 9.59 Å². The molecular formula is C18H17N3O5. The van der Waals surface area contributed by atoms with Crippen LogP contribution in [0.4, 0.5) is 0 Å². The number of ether oxygens (including phenoxy) is 3. The van der Waals surface area contributed by atoms with Crippen LogP contribution in [0.15, 0.2) is 53.6 Å². The Hall–Kier alpha value is -3.55. The number of hydrazone groups is 1. The van der Waals surface area contributed by atoms with Crippen molar-refractivity contribution in [2.75, 3.05) is 19.9 Å². The minimum absolute atomic E-state index is 0.169. The first-order valence-corrected chi connectivity index (χ1v) is 7.87. The van der Waals surface area contributed by atoms with Crippen LogP contribution < -0.4 is 25.0 Å². The predicted octanol–water partition coefficient (Wildman–Crippen LogP) is 1.06. The Morgan fingerprint density at radius 1 is 1.08 bits per heavy atom. The van der Waals surface area contributed by atoms with Crippen LogP contribution in [0.2, 0.25) is 0 Å². The van der Waals surface area contributed by atoms with E-state index in [-0.39, 0.29) is 19.9 Å². The summed E-state index contributed by atoms with van der Waals surface area (Å²) in [4.78, 5) is 23.3. The summed E-state index contributed by atoms with van der Waals surface area (Å²) in [6.45, 7) is -0.173. The fourth-order valence-corrected chi connectivity index (χ4v) is 2.11. The number of benzene rings is 2. The minimum atomic E-state index is -0.449. The molecule has 0 atom stereocenters. The number of para-hydroxylation sites is 1. The Morgan fingerprint density at radius 2 is 1.88 bits per heavy atom. The van der Waals surface area contributed by atoms with Crippen LogP contribution in [0, 0.1) is 0 Å². The molecule has 0 saturated carbocycles. The van der Waals surface area contributed by atoms with Crippen molar-refractivity contribution in [3.63, 3.8) is 0 Å². The smallest absolute Gasteiger partial charge is 0.259 e. The van der Waals surface area contributed by atoms with Crippen molar-refractivity contribution < 1.29 is 23.8 Å². The van der Waals surface area contributed by atoms with Crippen LogP contribution in [0.25, 0.3) is 0 Å². The second-order valence-electron chi connectivity index (χ2n) is 5.28. The van der Waals surface area contributed by atoms with E-state index in [1.807, 2.05) is 6.07 Å². The highest BCUT2D eigenvalue weighted by molar-refractivity contribution is 5.87. The van der Waals surface area contributed by atoms with Gasteiger partial charge in [0.2, 0.25) is 6.79 Å². The van der Waals surface area contributed by atoms with Gasteiger partial charge in [-0.3, -0.25) is 9.59 Å². The van der Waals surface area contributed by atoms with E-state index in [1.54, 1.807) is 42.5 Å². The fourth-order valence-electron chi connectivity index (χ4n) is 2.11. The molecule has 8 heteroatoms. The summed E-state index contributed by atoms with van der Waals surface area (Å²) >= 11 is 0. The fraction of sp³-hybridized carbons (Fsp3) is 0.167. The number of amides is 2. The Balaban J connectivity index is 1.36. The highest BCUT2D eigenvalue weighted by atomic mass is 16.7. The molecule has 1 heterocycles. The molecule has 8 nitrogen and oxygen atoms in total. The lowest BCUT2D eigenvalue weighted by molar-refractivity contribution is -0.127. The third-order valence-electron chi connectivity index (χ3n) is 3.36. The summed E-state index contributed by atoms with van der Waals surface area (Å²) in [6.07, 6.45) is 1.47. The molecule has 0 bridgehead atoms. The average Bonchev–Trinajstić information content (AvgIpc) is 3.13. The van der Waals surface area contributed by atoms with E-state index >= 15 is 0 Å². The lowest BCUT2D eigenvalue weighted by atomic mass is 10.2. The summed E-state index contributed by atoms with van der Waals surface area (Å²) < 4.78 is 15.7. The maximum atomic E-state index is 11.7. The van der Waals surface area contributed by atoms with Crippen LogP contribution in [-0.4, -0.2) is 38.0 Å². The summed E-state index contributed by atoms with van der Waals surface area (Å²) in [5, 5.41) is 6.28. The van der Waals surface area contributed by atoms with Crippen LogP contribution in [-0.2, 0) is 9.59 Å². The van der Waals surface area contributed by atoms with E-state index in [1.165, 1.54) is 6.21 Å². The molecule has 2 aromatic rings. The molecule has 2 N–H and O–H groups in total. The van der Waals surface area contributed by atoms with Gasteiger partial charge < -0.3 is 19.5 Å². The van der Waals surface area contributed by atoms with Gasteiger partial charge in [0.25, 0.3) is 11.8 Å². The molecule has 0 radical (unpaired) electrons. The minimum Gasteiger partial charge on any atom is -0.484 e. The van der Waals surface area contributed by atoms with Gasteiger partial charge in [-0.05, 0) is 35.9 Å².